The van der Waals surface area contributed by atoms with Gasteiger partial charge < -0.3 is 15.4 Å². The number of anilines is 2. The Kier molecular flexibility index (Phi) is 5.91. The van der Waals surface area contributed by atoms with Gasteiger partial charge in [-0.2, -0.15) is 0 Å². The first-order valence-electron chi connectivity index (χ1n) is 8.37. The molecule has 0 spiro atoms. The topological polar surface area (TPSA) is 93.2 Å². The van der Waals surface area contributed by atoms with Gasteiger partial charge in [0.25, 0.3) is 5.91 Å². The molecular formula is C20H17FN4O3. The summed E-state index contributed by atoms with van der Waals surface area (Å²) in [5, 5.41) is 5.55. The molecular weight excluding hydrogens is 363 g/mol. The van der Waals surface area contributed by atoms with E-state index >= 15 is 0 Å². The molecule has 3 aromatic rings. The molecule has 0 radical (unpaired) electrons. The van der Waals surface area contributed by atoms with Crippen LogP contribution in [-0.4, -0.2) is 29.0 Å². The number of nitrogens with zero attached hydrogens (tertiary/aromatic N) is 2. The fraction of sp³-hybridized carbons (Fsp3) is 0.100. The number of hydrogen-bond acceptors (Lipinski definition) is 6. The SMILES string of the molecule is COC(=O)c1cccc(NC(=O)c2ccnc(NCc3ccccc3F)n2)c1. The first kappa shape index (κ1) is 19.0. The van der Waals surface area contributed by atoms with Crippen LogP contribution in [0.3, 0.4) is 0 Å². The van der Waals surface area contributed by atoms with Crippen molar-refractivity contribution in [3.63, 3.8) is 0 Å². The number of carbonyl (C=O) groups excluding carboxylic acids is 2. The van der Waals surface area contributed by atoms with Gasteiger partial charge in [0.1, 0.15) is 11.5 Å². The Labute approximate surface area is 160 Å². The summed E-state index contributed by atoms with van der Waals surface area (Å²) in [6.07, 6.45) is 1.43. The van der Waals surface area contributed by atoms with E-state index in [9.17, 15) is 14.0 Å². The molecule has 0 fully saturated rings. The van der Waals surface area contributed by atoms with Crippen molar-refractivity contribution < 1.29 is 18.7 Å². The summed E-state index contributed by atoms with van der Waals surface area (Å²) < 4.78 is 18.3. The van der Waals surface area contributed by atoms with E-state index in [4.69, 9.17) is 0 Å². The predicted octanol–water partition coefficient (Wildman–Crippen LogP) is 3.27. The van der Waals surface area contributed by atoms with Crippen molar-refractivity contribution >= 4 is 23.5 Å². The van der Waals surface area contributed by atoms with Crippen molar-refractivity contribution in [2.24, 2.45) is 0 Å². The minimum atomic E-state index is -0.502. The second-order valence-electron chi connectivity index (χ2n) is 5.74. The number of halogens is 1. The molecule has 1 aromatic heterocycles. The molecule has 1 heterocycles. The number of hydrogen-bond donors (Lipinski definition) is 2. The molecule has 2 aromatic carbocycles. The number of methoxy groups -OCH3 is 1. The van der Waals surface area contributed by atoms with E-state index in [2.05, 4.69) is 25.3 Å². The summed E-state index contributed by atoms with van der Waals surface area (Å²) in [6, 6.07) is 14.2. The number of amides is 1. The normalized spacial score (nSPS) is 10.2. The minimum Gasteiger partial charge on any atom is -0.465 e. The fourth-order valence-corrected chi connectivity index (χ4v) is 2.42. The van der Waals surface area contributed by atoms with Crippen molar-refractivity contribution in [2.75, 3.05) is 17.7 Å². The zero-order chi connectivity index (χ0) is 19.9. The van der Waals surface area contributed by atoms with Crippen LogP contribution in [-0.2, 0) is 11.3 Å². The van der Waals surface area contributed by atoms with Crippen LogP contribution in [0.4, 0.5) is 16.0 Å². The van der Waals surface area contributed by atoms with Gasteiger partial charge in [0.15, 0.2) is 0 Å². The van der Waals surface area contributed by atoms with Crippen LogP contribution in [0.15, 0.2) is 60.8 Å². The molecule has 0 saturated carbocycles. The molecule has 0 saturated heterocycles. The average Bonchev–Trinajstić information content (AvgIpc) is 2.73. The van der Waals surface area contributed by atoms with Gasteiger partial charge in [-0.25, -0.2) is 19.2 Å². The summed E-state index contributed by atoms with van der Waals surface area (Å²) in [6.45, 7) is 0.179. The largest absolute Gasteiger partial charge is 0.465 e. The molecule has 2 N–H and O–H groups in total. The van der Waals surface area contributed by atoms with Gasteiger partial charge >= 0.3 is 5.97 Å². The zero-order valence-electron chi connectivity index (χ0n) is 15.0. The van der Waals surface area contributed by atoms with Gasteiger partial charge in [0.2, 0.25) is 5.95 Å². The maximum Gasteiger partial charge on any atom is 0.337 e. The first-order chi connectivity index (χ1) is 13.6. The van der Waals surface area contributed by atoms with Crippen molar-refractivity contribution in [3.05, 3.63) is 83.4 Å². The second-order valence-corrected chi connectivity index (χ2v) is 5.74. The molecule has 0 aliphatic heterocycles. The Hall–Kier alpha value is -3.81. The van der Waals surface area contributed by atoms with E-state index < -0.39 is 11.9 Å². The summed E-state index contributed by atoms with van der Waals surface area (Å²) in [5.74, 6) is -1.12. The maximum absolute atomic E-state index is 13.7. The number of aromatic nitrogens is 2. The van der Waals surface area contributed by atoms with E-state index in [0.717, 1.165) is 0 Å². The summed E-state index contributed by atoms with van der Waals surface area (Å²) in [4.78, 5) is 32.2. The molecule has 0 aliphatic carbocycles. The maximum atomic E-state index is 13.7. The number of nitrogens with one attached hydrogen (secondary N) is 2. The zero-order valence-corrected chi connectivity index (χ0v) is 15.0. The van der Waals surface area contributed by atoms with Crippen molar-refractivity contribution in [1.82, 2.24) is 9.97 Å². The molecule has 28 heavy (non-hydrogen) atoms. The second kappa shape index (κ2) is 8.72. The Bertz CT molecular complexity index is 1010. The number of rotatable bonds is 6. The molecule has 0 unspecified atom stereocenters. The molecule has 1 amide bonds. The van der Waals surface area contributed by atoms with E-state index in [1.165, 1.54) is 31.5 Å². The van der Waals surface area contributed by atoms with E-state index in [1.54, 1.807) is 36.4 Å². The van der Waals surface area contributed by atoms with Gasteiger partial charge in [0, 0.05) is 24.0 Å². The van der Waals surface area contributed by atoms with Gasteiger partial charge in [-0.1, -0.05) is 24.3 Å². The van der Waals surface area contributed by atoms with Gasteiger partial charge in [0.05, 0.1) is 12.7 Å². The van der Waals surface area contributed by atoms with Crippen molar-refractivity contribution in [3.8, 4) is 0 Å². The highest BCUT2D eigenvalue weighted by molar-refractivity contribution is 6.03. The third-order valence-corrected chi connectivity index (χ3v) is 3.82. The Morgan fingerprint density at radius 1 is 1.11 bits per heavy atom. The molecule has 0 atom stereocenters. The van der Waals surface area contributed by atoms with E-state index in [-0.39, 0.29) is 24.0 Å². The van der Waals surface area contributed by atoms with Gasteiger partial charge in [-0.05, 0) is 30.3 Å². The summed E-state index contributed by atoms with van der Waals surface area (Å²) >= 11 is 0. The third kappa shape index (κ3) is 4.67. The van der Waals surface area contributed by atoms with Crippen molar-refractivity contribution in [2.45, 2.75) is 6.54 Å². The summed E-state index contributed by atoms with van der Waals surface area (Å²) in [7, 11) is 1.28. The van der Waals surface area contributed by atoms with Crippen LogP contribution >= 0.6 is 0 Å². The van der Waals surface area contributed by atoms with Gasteiger partial charge in [-0.3, -0.25) is 4.79 Å². The lowest BCUT2D eigenvalue weighted by Crippen LogP contribution is -2.16. The lowest BCUT2D eigenvalue weighted by atomic mass is 10.2. The molecule has 7 nitrogen and oxygen atoms in total. The smallest absolute Gasteiger partial charge is 0.337 e. The molecule has 8 heteroatoms. The van der Waals surface area contributed by atoms with Crippen LogP contribution in [0.1, 0.15) is 26.4 Å². The van der Waals surface area contributed by atoms with Crippen LogP contribution in [0.25, 0.3) is 0 Å². The standard InChI is InChI=1S/C20H17FN4O3/c1-28-19(27)13-6-4-7-15(11-13)24-18(26)17-9-10-22-20(25-17)23-12-14-5-2-3-8-16(14)21/h2-11H,12H2,1H3,(H,24,26)(H,22,23,25). The van der Waals surface area contributed by atoms with Crippen LogP contribution in [0.2, 0.25) is 0 Å². The Morgan fingerprint density at radius 2 is 1.93 bits per heavy atom. The third-order valence-electron chi connectivity index (χ3n) is 3.82. The molecule has 0 bridgehead atoms. The lowest BCUT2D eigenvalue weighted by Gasteiger charge is -2.08. The highest BCUT2D eigenvalue weighted by atomic mass is 19.1. The molecule has 3 rings (SSSR count). The number of benzene rings is 2. The van der Waals surface area contributed by atoms with Crippen LogP contribution in [0.5, 0.6) is 0 Å². The number of carbonyl (C=O) groups is 2. The van der Waals surface area contributed by atoms with Crippen LogP contribution in [0, 0.1) is 5.82 Å². The Morgan fingerprint density at radius 3 is 2.71 bits per heavy atom. The number of ether oxygens (including phenoxy) is 1. The van der Waals surface area contributed by atoms with E-state index in [0.29, 0.717) is 16.8 Å². The average molecular weight is 380 g/mol. The minimum absolute atomic E-state index is 0.120. The first-order valence-corrected chi connectivity index (χ1v) is 8.37. The lowest BCUT2D eigenvalue weighted by molar-refractivity contribution is 0.0600. The predicted molar refractivity (Wildman–Crippen MR) is 101 cm³/mol. The highest BCUT2D eigenvalue weighted by Gasteiger charge is 2.12. The highest BCUT2D eigenvalue weighted by Crippen LogP contribution is 2.13. The van der Waals surface area contributed by atoms with Crippen LogP contribution < -0.4 is 10.6 Å². The number of esters is 1. The fourth-order valence-electron chi connectivity index (χ4n) is 2.42. The molecule has 142 valence electrons. The van der Waals surface area contributed by atoms with Gasteiger partial charge in [-0.15, -0.1) is 0 Å². The van der Waals surface area contributed by atoms with E-state index in [1.807, 2.05) is 0 Å². The summed E-state index contributed by atoms with van der Waals surface area (Å²) in [5.41, 5.74) is 1.32. The quantitative estimate of drug-likeness (QED) is 0.638. The van der Waals surface area contributed by atoms with Crippen molar-refractivity contribution in [1.29, 1.82) is 0 Å². The molecule has 0 aliphatic rings. The Balaban J connectivity index is 1.69. The monoisotopic (exact) mass is 380 g/mol.